The van der Waals surface area contributed by atoms with E-state index in [9.17, 15) is 0 Å². The maximum Gasteiger partial charge on any atom is 0.0714 e. The molecule has 0 saturated heterocycles. The Labute approximate surface area is 374 Å². The van der Waals surface area contributed by atoms with Crippen molar-refractivity contribution in [1.29, 1.82) is 0 Å². The molecule has 0 aliphatic heterocycles. The molecular formula is C63H43N. The summed E-state index contributed by atoms with van der Waals surface area (Å²) in [7, 11) is 0. The van der Waals surface area contributed by atoms with Crippen LogP contribution in [-0.2, 0) is 5.41 Å². The van der Waals surface area contributed by atoms with Crippen LogP contribution in [0.4, 0.5) is 0 Å². The first-order chi connectivity index (χ1) is 31.7. The normalized spacial score (nSPS) is 12.9. The number of fused-ring (bicyclic) bond motifs is 6. The lowest BCUT2D eigenvalue weighted by Crippen LogP contribution is -2.28. The van der Waals surface area contributed by atoms with Gasteiger partial charge in [-0.25, -0.2) is 0 Å². The van der Waals surface area contributed by atoms with Crippen molar-refractivity contribution in [2.75, 3.05) is 0 Å². The Bertz CT molecular complexity index is 3480. The molecule has 0 unspecified atom stereocenters. The van der Waals surface area contributed by atoms with Crippen molar-refractivity contribution in [3.63, 3.8) is 0 Å². The third-order valence-electron chi connectivity index (χ3n) is 13.3. The Balaban J connectivity index is 1.03. The zero-order valence-corrected chi connectivity index (χ0v) is 35.3. The summed E-state index contributed by atoms with van der Waals surface area (Å²) in [5, 5.41) is 2.48. The van der Waals surface area contributed by atoms with Crippen LogP contribution in [0.1, 0.15) is 38.9 Å². The predicted molar refractivity (Wildman–Crippen MR) is 269 cm³/mol. The number of rotatable bonds is 8. The molecule has 1 aliphatic carbocycles. The highest BCUT2D eigenvalue weighted by Crippen LogP contribution is 2.56. The molecule has 1 aromatic heterocycles. The minimum Gasteiger partial charge on any atom is -0.309 e. The van der Waals surface area contributed by atoms with E-state index in [1.165, 1.54) is 99.7 Å². The molecule has 0 spiro atoms. The maximum absolute atomic E-state index is 2.48. The van der Waals surface area contributed by atoms with Crippen LogP contribution >= 0.6 is 0 Å². The Morgan fingerprint density at radius 3 is 1.58 bits per heavy atom. The van der Waals surface area contributed by atoms with Crippen molar-refractivity contribution >= 4 is 33.5 Å². The van der Waals surface area contributed by atoms with E-state index in [1.807, 2.05) is 0 Å². The summed E-state index contributed by atoms with van der Waals surface area (Å²) >= 11 is 0. The Hall–Kier alpha value is -8.26. The topological polar surface area (TPSA) is 4.93 Å². The molecule has 1 heterocycles. The quantitative estimate of drug-likeness (QED) is 0.135. The summed E-state index contributed by atoms with van der Waals surface area (Å²) in [5.74, 6) is 0. The fraction of sp³-hybridized carbons (Fsp3) is 0.0159. The average molecular weight is 814 g/mol. The lowest BCUT2D eigenvalue weighted by atomic mass is 9.67. The van der Waals surface area contributed by atoms with Crippen LogP contribution < -0.4 is 0 Å². The van der Waals surface area contributed by atoms with Crippen LogP contribution in [0, 0.1) is 0 Å². The summed E-state index contributed by atoms with van der Waals surface area (Å²) in [4.78, 5) is 0. The smallest absolute Gasteiger partial charge is 0.0714 e. The SMILES string of the molecule is C(=C(c1cccc(-c2ccccc2)c1)c1cccc(-c2ccc3c4ccccc4n(-c4ccc5c(c4)C(c4ccccc4)(c4ccccc4)c4ccccc4-5)c3c2)c1)c1ccccc1. The molecule has 0 amide bonds. The van der Waals surface area contributed by atoms with Crippen molar-refractivity contribution in [2.45, 2.75) is 5.41 Å². The summed E-state index contributed by atoms with van der Waals surface area (Å²) in [6.45, 7) is 0. The third-order valence-corrected chi connectivity index (χ3v) is 13.3. The van der Waals surface area contributed by atoms with Crippen molar-refractivity contribution in [3.05, 3.63) is 294 Å². The second kappa shape index (κ2) is 15.6. The van der Waals surface area contributed by atoms with Gasteiger partial charge < -0.3 is 4.57 Å². The van der Waals surface area contributed by atoms with E-state index in [1.54, 1.807) is 0 Å². The van der Waals surface area contributed by atoms with Gasteiger partial charge >= 0.3 is 0 Å². The Morgan fingerprint density at radius 2 is 0.875 bits per heavy atom. The van der Waals surface area contributed by atoms with Crippen LogP contribution in [0.2, 0.25) is 0 Å². The monoisotopic (exact) mass is 813 g/mol. The van der Waals surface area contributed by atoms with Crippen LogP contribution in [0.5, 0.6) is 0 Å². The molecule has 1 aliphatic rings. The van der Waals surface area contributed by atoms with Gasteiger partial charge in [0.15, 0.2) is 0 Å². The molecule has 1 heteroatoms. The van der Waals surface area contributed by atoms with Gasteiger partial charge in [0.25, 0.3) is 0 Å². The third kappa shape index (κ3) is 6.16. The van der Waals surface area contributed by atoms with Gasteiger partial charge in [0.2, 0.25) is 0 Å². The minimum atomic E-state index is -0.486. The number of nitrogens with zero attached hydrogens (tertiary/aromatic N) is 1. The highest BCUT2D eigenvalue weighted by molar-refractivity contribution is 6.10. The first-order valence-corrected chi connectivity index (χ1v) is 22.2. The fourth-order valence-corrected chi connectivity index (χ4v) is 10.4. The lowest BCUT2D eigenvalue weighted by Gasteiger charge is -2.34. The largest absolute Gasteiger partial charge is 0.309 e. The molecular weight excluding hydrogens is 771 g/mol. The standard InChI is InChI=1S/C63H43N/c1-5-19-44(20-6-1)39-58(49-25-17-23-46(40-49)45-21-7-2-8-22-45)50-26-18-24-47(41-50)48-35-37-57-56-32-14-16-34-61(56)64(62(57)42-48)53-36-38-55-54-31-13-15-33-59(54)63(60(55)43-53,51-27-9-3-10-28-51)52-29-11-4-12-30-52/h1-43H. The van der Waals surface area contributed by atoms with Gasteiger partial charge in [-0.2, -0.15) is 0 Å². The molecule has 11 aromatic rings. The molecule has 12 rings (SSSR count). The van der Waals surface area contributed by atoms with Crippen molar-refractivity contribution in [3.8, 4) is 39.1 Å². The second-order valence-corrected chi connectivity index (χ2v) is 16.8. The molecule has 0 radical (unpaired) electrons. The number of benzene rings is 10. The summed E-state index contributed by atoms with van der Waals surface area (Å²) in [6.07, 6.45) is 2.32. The fourth-order valence-electron chi connectivity index (χ4n) is 10.4. The molecule has 0 saturated carbocycles. The van der Waals surface area contributed by atoms with Gasteiger partial charge in [0.1, 0.15) is 0 Å². The van der Waals surface area contributed by atoms with Gasteiger partial charge in [0.05, 0.1) is 16.4 Å². The summed E-state index contributed by atoms with van der Waals surface area (Å²) < 4.78 is 2.48. The molecule has 10 aromatic carbocycles. The first kappa shape index (κ1) is 37.5. The number of hydrogen-bond acceptors (Lipinski definition) is 0. The molecule has 1 nitrogen and oxygen atoms in total. The number of para-hydroxylation sites is 1. The van der Waals surface area contributed by atoms with E-state index in [4.69, 9.17) is 0 Å². The highest BCUT2D eigenvalue weighted by Gasteiger charge is 2.46. The van der Waals surface area contributed by atoms with Gasteiger partial charge in [-0.1, -0.05) is 218 Å². The maximum atomic E-state index is 2.48. The van der Waals surface area contributed by atoms with E-state index in [2.05, 4.69) is 265 Å². The van der Waals surface area contributed by atoms with E-state index >= 15 is 0 Å². The first-order valence-electron chi connectivity index (χ1n) is 22.2. The molecule has 300 valence electrons. The Kier molecular flexibility index (Phi) is 9.13. The van der Waals surface area contributed by atoms with Crippen LogP contribution in [-0.4, -0.2) is 4.57 Å². The zero-order chi connectivity index (χ0) is 42.5. The van der Waals surface area contributed by atoms with E-state index < -0.39 is 5.41 Å². The molecule has 0 N–H and O–H groups in total. The number of hydrogen-bond donors (Lipinski definition) is 0. The summed E-state index contributed by atoms with van der Waals surface area (Å²) in [6, 6.07) is 93.4. The van der Waals surface area contributed by atoms with Crippen LogP contribution in [0.15, 0.2) is 255 Å². The van der Waals surface area contributed by atoms with Crippen molar-refractivity contribution in [2.24, 2.45) is 0 Å². The second-order valence-electron chi connectivity index (χ2n) is 16.8. The van der Waals surface area contributed by atoms with E-state index in [0.29, 0.717) is 0 Å². The molecule has 0 bridgehead atoms. The van der Waals surface area contributed by atoms with Crippen LogP contribution in [0.3, 0.4) is 0 Å². The molecule has 0 atom stereocenters. The van der Waals surface area contributed by atoms with Crippen molar-refractivity contribution in [1.82, 2.24) is 4.57 Å². The highest BCUT2D eigenvalue weighted by atomic mass is 15.0. The molecule has 0 fully saturated rings. The number of aromatic nitrogens is 1. The van der Waals surface area contributed by atoms with Gasteiger partial charge in [0, 0.05) is 16.5 Å². The summed E-state index contributed by atoms with van der Waals surface area (Å²) in [5.41, 5.74) is 20.2. The minimum absolute atomic E-state index is 0.486. The predicted octanol–water partition coefficient (Wildman–Crippen LogP) is 16.1. The zero-order valence-electron chi connectivity index (χ0n) is 35.3. The van der Waals surface area contributed by atoms with Crippen LogP contribution in [0.25, 0.3) is 72.5 Å². The van der Waals surface area contributed by atoms with Crippen molar-refractivity contribution < 1.29 is 0 Å². The lowest BCUT2D eigenvalue weighted by molar-refractivity contribution is 0.767. The van der Waals surface area contributed by atoms with Gasteiger partial charge in [-0.3, -0.25) is 0 Å². The molecule has 64 heavy (non-hydrogen) atoms. The van der Waals surface area contributed by atoms with Gasteiger partial charge in [-0.05, 0) is 120 Å². The average Bonchev–Trinajstić information content (AvgIpc) is 3.87. The van der Waals surface area contributed by atoms with Gasteiger partial charge in [-0.15, -0.1) is 0 Å². The Morgan fingerprint density at radius 1 is 0.344 bits per heavy atom. The van der Waals surface area contributed by atoms with E-state index in [0.717, 1.165) is 5.69 Å². The van der Waals surface area contributed by atoms with E-state index in [-0.39, 0.29) is 0 Å².